The van der Waals surface area contributed by atoms with Crippen molar-refractivity contribution in [2.75, 3.05) is 6.54 Å². The van der Waals surface area contributed by atoms with Crippen molar-refractivity contribution >= 4 is 39.1 Å². The summed E-state index contributed by atoms with van der Waals surface area (Å²) in [6, 6.07) is 0. The lowest BCUT2D eigenvalue weighted by molar-refractivity contribution is 0.0621. The van der Waals surface area contributed by atoms with E-state index in [4.69, 9.17) is 0 Å². The summed E-state index contributed by atoms with van der Waals surface area (Å²) in [6.45, 7) is 5.09. The molecule has 0 bridgehead atoms. The normalized spacial score (nSPS) is 13.7. The molecule has 1 aromatic heterocycles. The number of carbonyl (C=O) groups excluding carboxylic acids is 2. The van der Waals surface area contributed by atoms with E-state index in [9.17, 15) is 9.59 Å². The van der Waals surface area contributed by atoms with Crippen molar-refractivity contribution in [3.63, 3.8) is 0 Å². The molecule has 0 radical (unpaired) electrons. The van der Waals surface area contributed by atoms with Gasteiger partial charge in [0, 0.05) is 11.9 Å². The summed E-state index contributed by atoms with van der Waals surface area (Å²) in [7, 11) is 0. The Labute approximate surface area is 189 Å². The van der Waals surface area contributed by atoms with Gasteiger partial charge in [0.1, 0.15) is 0 Å². The van der Waals surface area contributed by atoms with Crippen LogP contribution in [0.4, 0.5) is 0 Å². The topological polar surface area (TPSA) is 37.4 Å². The summed E-state index contributed by atoms with van der Waals surface area (Å²) in [5.41, 5.74) is 1.17. The van der Waals surface area contributed by atoms with Gasteiger partial charge < -0.3 is 0 Å². The molecular weight excluding hydrogens is 446 g/mol. The molecule has 2 amide bonds. The van der Waals surface area contributed by atoms with Crippen LogP contribution in [0, 0.1) is 5.92 Å². The highest BCUT2D eigenvalue weighted by molar-refractivity contribution is 9.11. The maximum absolute atomic E-state index is 12.8. The van der Waals surface area contributed by atoms with Crippen LogP contribution < -0.4 is 0 Å². The van der Waals surface area contributed by atoms with E-state index in [-0.39, 0.29) is 11.8 Å². The average Bonchev–Trinajstić information content (AvgIpc) is 3.20. The minimum absolute atomic E-state index is 0.0946. The Balaban J connectivity index is 1.85. The maximum Gasteiger partial charge on any atom is 0.263 e. The van der Waals surface area contributed by atoms with Crippen LogP contribution in [-0.2, 0) is 0 Å². The molecule has 0 aromatic carbocycles. The molecule has 1 aliphatic heterocycles. The van der Waals surface area contributed by atoms with Crippen molar-refractivity contribution < 1.29 is 9.59 Å². The van der Waals surface area contributed by atoms with E-state index in [0.29, 0.717) is 23.6 Å². The van der Waals surface area contributed by atoms with Crippen molar-refractivity contribution in [2.24, 2.45) is 5.92 Å². The second kappa shape index (κ2) is 13.6. The number of rotatable bonds is 16. The summed E-state index contributed by atoms with van der Waals surface area (Å²) < 4.78 is 0.789. The zero-order chi connectivity index (χ0) is 21.1. The Morgan fingerprint density at radius 1 is 0.828 bits per heavy atom. The van der Waals surface area contributed by atoms with Gasteiger partial charge >= 0.3 is 0 Å². The van der Waals surface area contributed by atoms with Gasteiger partial charge in [-0.1, -0.05) is 90.9 Å². The lowest BCUT2D eigenvalue weighted by atomic mass is 9.93. The number of hydrogen-bond donors (Lipinski definition) is 0. The third-order valence-electron chi connectivity index (χ3n) is 6.05. The summed E-state index contributed by atoms with van der Waals surface area (Å²) in [5.74, 6) is 0.239. The third-order valence-corrected chi connectivity index (χ3v) is 7.78. The molecule has 0 N–H and O–H groups in total. The fraction of sp³-hybridized carbons (Fsp3) is 0.750. The summed E-state index contributed by atoms with van der Waals surface area (Å²) >= 11 is 4.87. The van der Waals surface area contributed by atoms with Crippen molar-refractivity contribution in [1.82, 2.24) is 4.90 Å². The van der Waals surface area contributed by atoms with Crippen LogP contribution in [-0.4, -0.2) is 23.3 Å². The van der Waals surface area contributed by atoms with Gasteiger partial charge in [-0.3, -0.25) is 14.5 Å². The number of nitrogens with zero attached hydrogens (tertiary/aromatic N) is 1. The third kappa shape index (κ3) is 7.50. The SMILES string of the molecule is CCCCCCCCC(CCCCCCCC)CN1C(=O)c2csc(Br)c2C1=O. The molecular formula is C24H38BrNO2S. The molecule has 0 atom stereocenters. The number of amides is 2. The average molecular weight is 485 g/mol. The summed E-state index contributed by atoms with van der Waals surface area (Å²) in [6.07, 6.45) is 17.7. The van der Waals surface area contributed by atoms with Gasteiger partial charge in [-0.2, -0.15) is 0 Å². The molecule has 2 rings (SSSR count). The van der Waals surface area contributed by atoms with Gasteiger partial charge in [-0.15, -0.1) is 11.3 Å². The molecule has 164 valence electrons. The van der Waals surface area contributed by atoms with Gasteiger partial charge in [0.25, 0.3) is 11.8 Å². The highest BCUT2D eigenvalue weighted by Gasteiger charge is 2.39. The molecule has 1 aromatic rings. The largest absolute Gasteiger partial charge is 0.274 e. The fourth-order valence-corrected chi connectivity index (χ4v) is 5.66. The van der Waals surface area contributed by atoms with Crippen molar-refractivity contribution in [3.05, 3.63) is 20.3 Å². The number of unbranched alkanes of at least 4 members (excludes halogenated alkanes) is 10. The fourth-order valence-electron chi connectivity index (χ4n) is 4.24. The van der Waals surface area contributed by atoms with Gasteiger partial charge in [0.15, 0.2) is 0 Å². The molecule has 0 unspecified atom stereocenters. The minimum Gasteiger partial charge on any atom is -0.274 e. The van der Waals surface area contributed by atoms with Gasteiger partial charge in [-0.05, 0) is 34.7 Å². The molecule has 5 heteroatoms. The number of thiophene rings is 1. The highest BCUT2D eigenvalue weighted by Crippen LogP contribution is 2.35. The first-order valence-electron chi connectivity index (χ1n) is 11.7. The molecule has 3 nitrogen and oxygen atoms in total. The Morgan fingerprint density at radius 2 is 1.34 bits per heavy atom. The van der Waals surface area contributed by atoms with Crippen LogP contribution in [0.3, 0.4) is 0 Å². The van der Waals surface area contributed by atoms with Crippen LogP contribution >= 0.6 is 27.3 Å². The first kappa shape index (κ1) is 24.6. The Morgan fingerprint density at radius 3 is 1.86 bits per heavy atom. The van der Waals surface area contributed by atoms with Gasteiger partial charge in [-0.25, -0.2) is 0 Å². The lowest BCUT2D eigenvalue weighted by Gasteiger charge is -2.23. The molecule has 0 saturated heterocycles. The smallest absolute Gasteiger partial charge is 0.263 e. The van der Waals surface area contributed by atoms with Crippen LogP contribution in [0.2, 0.25) is 0 Å². The summed E-state index contributed by atoms with van der Waals surface area (Å²) in [5, 5.41) is 1.82. The minimum atomic E-state index is -0.103. The van der Waals surface area contributed by atoms with Gasteiger partial charge in [0.2, 0.25) is 0 Å². The van der Waals surface area contributed by atoms with Crippen molar-refractivity contribution in [3.8, 4) is 0 Å². The molecule has 0 spiro atoms. The highest BCUT2D eigenvalue weighted by atomic mass is 79.9. The number of hydrogen-bond acceptors (Lipinski definition) is 3. The Kier molecular flexibility index (Phi) is 11.5. The van der Waals surface area contributed by atoms with Crippen molar-refractivity contribution in [1.29, 1.82) is 0 Å². The van der Waals surface area contributed by atoms with Crippen molar-refractivity contribution in [2.45, 2.75) is 104 Å². The number of halogens is 1. The molecule has 0 fully saturated rings. The lowest BCUT2D eigenvalue weighted by Crippen LogP contribution is -2.34. The second-order valence-electron chi connectivity index (χ2n) is 8.50. The van der Waals surface area contributed by atoms with E-state index in [2.05, 4.69) is 29.8 Å². The number of fused-ring (bicyclic) bond motifs is 1. The van der Waals surface area contributed by atoms with Crippen LogP contribution in [0.15, 0.2) is 9.17 Å². The second-order valence-corrected chi connectivity index (χ2v) is 10.7. The van der Waals surface area contributed by atoms with E-state index in [1.807, 2.05) is 5.38 Å². The molecule has 2 heterocycles. The van der Waals surface area contributed by atoms with E-state index >= 15 is 0 Å². The number of imide groups is 1. The van der Waals surface area contributed by atoms with E-state index < -0.39 is 0 Å². The van der Waals surface area contributed by atoms with E-state index in [1.54, 1.807) is 0 Å². The quantitative estimate of drug-likeness (QED) is 0.175. The zero-order valence-electron chi connectivity index (χ0n) is 18.3. The predicted octanol–water partition coefficient (Wildman–Crippen LogP) is 8.22. The first-order chi connectivity index (χ1) is 14.1. The number of carbonyl (C=O) groups is 2. The molecule has 0 aliphatic carbocycles. The van der Waals surface area contributed by atoms with E-state index in [0.717, 1.165) is 16.6 Å². The van der Waals surface area contributed by atoms with Crippen LogP contribution in [0.5, 0.6) is 0 Å². The predicted molar refractivity (Wildman–Crippen MR) is 127 cm³/mol. The van der Waals surface area contributed by atoms with Gasteiger partial charge in [0.05, 0.1) is 14.9 Å². The molecule has 29 heavy (non-hydrogen) atoms. The maximum atomic E-state index is 12.8. The van der Waals surface area contributed by atoms with E-state index in [1.165, 1.54) is 93.3 Å². The van der Waals surface area contributed by atoms with Crippen LogP contribution in [0.1, 0.15) is 124 Å². The van der Waals surface area contributed by atoms with Crippen LogP contribution in [0.25, 0.3) is 0 Å². The zero-order valence-corrected chi connectivity index (χ0v) is 20.7. The molecule has 0 saturated carbocycles. The first-order valence-corrected chi connectivity index (χ1v) is 13.4. The monoisotopic (exact) mass is 483 g/mol. The Hall–Kier alpha value is -0.680. The molecule has 1 aliphatic rings. The Bertz CT molecular complexity index is 627. The summed E-state index contributed by atoms with van der Waals surface area (Å²) in [4.78, 5) is 27.1. The standard InChI is InChI=1S/C24H38BrNO2S/c1-3-5-7-9-11-13-15-19(16-14-12-10-8-6-4-2)17-26-23(27)20-18-29-22(25)21(20)24(26)28/h18-19H,3-17H2,1-2H3.